The summed E-state index contributed by atoms with van der Waals surface area (Å²) in [7, 11) is -4.04. The summed E-state index contributed by atoms with van der Waals surface area (Å²) < 4.78 is 31.9. The minimum absolute atomic E-state index is 0.0820. The molecule has 1 aromatic carbocycles. The second-order valence-electron chi connectivity index (χ2n) is 12.5. The third-order valence-corrected chi connectivity index (χ3v) is 8.96. The predicted octanol–water partition coefficient (Wildman–Crippen LogP) is 10.1. The summed E-state index contributed by atoms with van der Waals surface area (Å²) in [5.74, 6) is 0.0820. The van der Waals surface area contributed by atoms with Crippen LogP contribution in [0, 0.1) is 0 Å². The highest BCUT2D eigenvalue weighted by atomic mass is 32.2. The Hall–Kier alpha value is -1.70. The summed E-state index contributed by atoms with van der Waals surface area (Å²) in [6.07, 6.45) is 33.6. The first kappa shape index (κ1) is 40.3. The van der Waals surface area contributed by atoms with E-state index in [0.717, 1.165) is 56.9 Å². The van der Waals surface area contributed by atoms with Crippen molar-refractivity contribution < 1.29 is 17.8 Å². The van der Waals surface area contributed by atoms with Crippen LogP contribution >= 0.6 is 0 Å². The van der Waals surface area contributed by atoms with Crippen LogP contribution in [0.5, 0.6) is 0 Å². The van der Waals surface area contributed by atoms with Crippen molar-refractivity contribution >= 4 is 16.2 Å². The van der Waals surface area contributed by atoms with Crippen LogP contribution in [-0.4, -0.2) is 32.0 Å². The van der Waals surface area contributed by atoms with E-state index in [-0.39, 0.29) is 5.91 Å². The van der Waals surface area contributed by atoms with E-state index in [9.17, 15) is 13.2 Å². The standard InChI is InChI=1S/C37H66N2O4S/c1-3-5-6-7-8-16-20-23-26-29-35-31-30-34(33-36(35)37(40)38-4-2)28-25-22-19-17-14-12-10-9-11-13-15-18-21-24-27-32-39-44(41,42)43/h9,11,30-31,33,39H,3-8,10,12-29,32H2,1-2H3,(H,38,40)(H,41,42,43)/b11-9-. The van der Waals surface area contributed by atoms with E-state index < -0.39 is 10.3 Å². The number of aryl methyl sites for hydroxylation is 2. The molecule has 1 aromatic rings. The Kier molecular flexibility index (Phi) is 25.3. The molecule has 0 spiro atoms. The van der Waals surface area contributed by atoms with Crippen molar-refractivity contribution in [3.63, 3.8) is 0 Å². The number of carbonyl (C=O) groups is 1. The number of hydrogen-bond acceptors (Lipinski definition) is 3. The van der Waals surface area contributed by atoms with Gasteiger partial charge in [-0.25, -0.2) is 0 Å². The predicted molar refractivity (Wildman–Crippen MR) is 188 cm³/mol. The Labute approximate surface area is 271 Å². The van der Waals surface area contributed by atoms with Gasteiger partial charge in [0.1, 0.15) is 0 Å². The van der Waals surface area contributed by atoms with Crippen LogP contribution in [0.3, 0.4) is 0 Å². The Bertz CT molecular complexity index is 978. The van der Waals surface area contributed by atoms with Crippen LogP contribution in [0.4, 0.5) is 0 Å². The van der Waals surface area contributed by atoms with E-state index >= 15 is 0 Å². The minimum Gasteiger partial charge on any atom is -0.352 e. The summed E-state index contributed by atoms with van der Waals surface area (Å²) in [5.41, 5.74) is 3.39. The lowest BCUT2D eigenvalue weighted by molar-refractivity contribution is 0.0954. The van der Waals surface area contributed by atoms with Crippen LogP contribution in [0.25, 0.3) is 0 Å². The van der Waals surface area contributed by atoms with E-state index in [0.29, 0.717) is 13.1 Å². The molecule has 44 heavy (non-hydrogen) atoms. The number of allylic oxidation sites excluding steroid dienone is 2. The van der Waals surface area contributed by atoms with Gasteiger partial charge in [0.25, 0.3) is 5.91 Å². The number of hydrogen-bond donors (Lipinski definition) is 3. The molecule has 3 N–H and O–H groups in total. The van der Waals surface area contributed by atoms with Crippen LogP contribution in [-0.2, 0) is 23.1 Å². The monoisotopic (exact) mass is 634 g/mol. The van der Waals surface area contributed by atoms with Crippen molar-refractivity contribution in [1.82, 2.24) is 10.0 Å². The Morgan fingerprint density at radius 3 is 1.73 bits per heavy atom. The topological polar surface area (TPSA) is 95.5 Å². The van der Waals surface area contributed by atoms with E-state index in [4.69, 9.17) is 4.55 Å². The first-order valence-corrected chi connectivity index (χ1v) is 19.6. The smallest absolute Gasteiger partial charge is 0.333 e. The van der Waals surface area contributed by atoms with E-state index in [1.807, 2.05) is 6.92 Å². The van der Waals surface area contributed by atoms with Gasteiger partial charge in [-0.15, -0.1) is 0 Å². The minimum atomic E-state index is -4.04. The van der Waals surface area contributed by atoms with Gasteiger partial charge < -0.3 is 5.32 Å². The lowest BCUT2D eigenvalue weighted by atomic mass is 9.95. The molecule has 0 radical (unpaired) electrons. The van der Waals surface area contributed by atoms with Gasteiger partial charge in [0.2, 0.25) is 0 Å². The molecule has 1 rings (SSSR count). The van der Waals surface area contributed by atoms with Crippen molar-refractivity contribution in [3.8, 4) is 0 Å². The lowest BCUT2D eigenvalue weighted by Crippen LogP contribution is -2.24. The number of rotatable bonds is 30. The van der Waals surface area contributed by atoms with E-state index in [1.54, 1.807) is 0 Å². The highest BCUT2D eigenvalue weighted by molar-refractivity contribution is 7.83. The summed E-state index contributed by atoms with van der Waals surface area (Å²) in [6, 6.07) is 6.63. The molecule has 0 aliphatic heterocycles. The Morgan fingerprint density at radius 1 is 0.682 bits per heavy atom. The maximum absolute atomic E-state index is 12.8. The summed E-state index contributed by atoms with van der Waals surface area (Å²) in [6.45, 7) is 5.24. The molecule has 0 heterocycles. The third-order valence-electron chi connectivity index (χ3n) is 8.39. The average molecular weight is 635 g/mol. The Morgan fingerprint density at radius 2 is 1.18 bits per heavy atom. The first-order valence-electron chi connectivity index (χ1n) is 18.1. The van der Waals surface area contributed by atoms with Gasteiger partial charge in [0.05, 0.1) is 0 Å². The molecular formula is C37H66N2O4S. The third kappa shape index (κ3) is 23.7. The molecule has 0 bridgehead atoms. The summed E-state index contributed by atoms with van der Waals surface area (Å²) in [5, 5.41) is 3.03. The van der Waals surface area contributed by atoms with Gasteiger partial charge in [-0.05, 0) is 81.9 Å². The van der Waals surface area contributed by atoms with Crippen LogP contribution in [0.1, 0.15) is 177 Å². The highest BCUT2D eigenvalue weighted by Gasteiger charge is 2.12. The molecule has 0 atom stereocenters. The largest absolute Gasteiger partial charge is 0.352 e. The zero-order valence-corrected chi connectivity index (χ0v) is 29.2. The van der Waals surface area contributed by atoms with Crippen molar-refractivity contribution in [2.24, 2.45) is 0 Å². The normalized spacial score (nSPS) is 11.9. The number of amides is 1. The Balaban J connectivity index is 2.13. The molecule has 254 valence electrons. The maximum atomic E-state index is 12.8. The van der Waals surface area contributed by atoms with E-state index in [2.05, 4.69) is 47.3 Å². The molecular weight excluding hydrogens is 568 g/mol. The second kappa shape index (κ2) is 27.6. The zero-order chi connectivity index (χ0) is 32.1. The van der Waals surface area contributed by atoms with Crippen molar-refractivity contribution in [3.05, 3.63) is 47.0 Å². The maximum Gasteiger partial charge on any atom is 0.333 e. The van der Waals surface area contributed by atoms with Crippen molar-refractivity contribution in [2.45, 2.75) is 168 Å². The number of carbonyl (C=O) groups excluding carboxylic acids is 1. The quantitative estimate of drug-likeness (QED) is 0.0446. The van der Waals surface area contributed by atoms with Gasteiger partial charge >= 0.3 is 10.3 Å². The van der Waals surface area contributed by atoms with E-state index in [1.165, 1.54) is 114 Å². The summed E-state index contributed by atoms with van der Waals surface area (Å²) in [4.78, 5) is 12.8. The first-order chi connectivity index (χ1) is 21.4. The fourth-order valence-electron chi connectivity index (χ4n) is 5.74. The number of benzene rings is 1. The van der Waals surface area contributed by atoms with Gasteiger partial charge in [-0.3, -0.25) is 9.35 Å². The molecule has 7 heteroatoms. The number of nitrogens with one attached hydrogen (secondary N) is 2. The lowest BCUT2D eigenvalue weighted by Gasteiger charge is -2.12. The van der Waals surface area contributed by atoms with Crippen molar-refractivity contribution in [2.75, 3.05) is 13.1 Å². The van der Waals surface area contributed by atoms with Crippen LogP contribution in [0.15, 0.2) is 30.4 Å². The molecule has 0 fully saturated rings. The molecule has 6 nitrogen and oxygen atoms in total. The average Bonchev–Trinajstić information content (AvgIpc) is 2.99. The molecule has 0 aliphatic rings. The molecule has 0 saturated carbocycles. The molecule has 0 aliphatic carbocycles. The molecule has 0 unspecified atom stereocenters. The van der Waals surface area contributed by atoms with Crippen LogP contribution in [0.2, 0.25) is 0 Å². The fraction of sp³-hybridized carbons (Fsp3) is 0.757. The fourth-order valence-corrected chi connectivity index (χ4v) is 6.15. The zero-order valence-electron chi connectivity index (χ0n) is 28.4. The van der Waals surface area contributed by atoms with Gasteiger partial charge in [0, 0.05) is 18.7 Å². The highest BCUT2D eigenvalue weighted by Crippen LogP contribution is 2.19. The van der Waals surface area contributed by atoms with Crippen LogP contribution < -0.4 is 10.0 Å². The molecule has 0 aromatic heterocycles. The molecule has 1 amide bonds. The second-order valence-corrected chi connectivity index (χ2v) is 13.7. The van der Waals surface area contributed by atoms with Gasteiger partial charge in [-0.2, -0.15) is 13.1 Å². The number of unbranched alkanes of at least 4 members (excludes halogenated alkanes) is 19. The van der Waals surface area contributed by atoms with Crippen molar-refractivity contribution in [1.29, 1.82) is 0 Å². The van der Waals surface area contributed by atoms with Gasteiger partial charge in [0.15, 0.2) is 0 Å². The molecule has 0 saturated heterocycles. The van der Waals surface area contributed by atoms with Gasteiger partial charge in [-0.1, -0.05) is 128 Å². The summed E-state index contributed by atoms with van der Waals surface area (Å²) >= 11 is 0. The SMILES string of the molecule is CCCCCCCCCCCc1ccc(CCCCCCCC/C=C\CCCCCCCNS(=O)(=O)O)cc1C(=O)NCC.